The third-order valence-electron chi connectivity index (χ3n) is 4.09. The van der Waals surface area contributed by atoms with Crippen molar-refractivity contribution in [2.45, 2.75) is 19.6 Å². The van der Waals surface area contributed by atoms with Crippen LogP contribution < -0.4 is 24.8 Å². The van der Waals surface area contributed by atoms with Crippen LogP contribution in [0.15, 0.2) is 41.4 Å². The minimum atomic E-state index is -2.96. The van der Waals surface area contributed by atoms with Gasteiger partial charge in [-0.25, -0.2) is 4.39 Å². The number of hydrogen-bond donors (Lipinski definition) is 2. The first-order valence-electron chi connectivity index (χ1n) is 8.62. The predicted octanol–water partition coefficient (Wildman–Crippen LogP) is 3.68. The molecule has 1 aliphatic rings. The molecule has 2 N–H and O–H groups in total. The summed E-state index contributed by atoms with van der Waals surface area (Å²) in [7, 11) is 1.58. The second kappa shape index (κ2) is 11.0. The molecule has 2 aromatic carbocycles. The Hall–Kier alpha value is -2.37. The number of hydrogen-bond acceptors (Lipinski definition) is 4. The molecule has 0 spiro atoms. The average molecular weight is 523 g/mol. The molecule has 0 radical (unpaired) electrons. The smallest absolute Gasteiger partial charge is 0.387 e. The van der Waals surface area contributed by atoms with Crippen molar-refractivity contribution in [2.75, 3.05) is 20.4 Å². The van der Waals surface area contributed by atoms with Crippen LogP contribution in [0.25, 0.3) is 0 Å². The molecular weight excluding hydrogens is 502 g/mol. The fourth-order valence-electron chi connectivity index (χ4n) is 2.73. The van der Waals surface area contributed by atoms with E-state index in [1.165, 1.54) is 12.1 Å². The number of alkyl halides is 2. The number of nitrogens with one attached hydrogen (secondary N) is 2. The average Bonchev–Trinajstić information content (AvgIpc) is 3.12. The summed E-state index contributed by atoms with van der Waals surface area (Å²) in [6, 6.07) is 9.49. The summed E-state index contributed by atoms with van der Waals surface area (Å²) in [5, 5.41) is 6.07. The Morgan fingerprint density at radius 2 is 1.86 bits per heavy atom. The molecule has 3 rings (SSSR count). The molecule has 29 heavy (non-hydrogen) atoms. The highest BCUT2D eigenvalue weighted by atomic mass is 127. The van der Waals surface area contributed by atoms with Crippen molar-refractivity contribution in [1.82, 2.24) is 10.6 Å². The van der Waals surface area contributed by atoms with Gasteiger partial charge in [0.2, 0.25) is 6.79 Å². The molecule has 0 aromatic heterocycles. The van der Waals surface area contributed by atoms with Gasteiger partial charge in [0.25, 0.3) is 0 Å². The second-order valence-electron chi connectivity index (χ2n) is 5.89. The highest BCUT2D eigenvalue weighted by molar-refractivity contribution is 14.0. The molecule has 1 heterocycles. The van der Waals surface area contributed by atoms with Gasteiger partial charge in [0.05, 0.1) is 0 Å². The van der Waals surface area contributed by atoms with E-state index in [-0.39, 0.29) is 48.9 Å². The summed E-state index contributed by atoms with van der Waals surface area (Å²) in [5.41, 5.74) is 1.05. The van der Waals surface area contributed by atoms with Gasteiger partial charge in [-0.15, -0.1) is 24.0 Å². The Labute approximate surface area is 183 Å². The summed E-state index contributed by atoms with van der Waals surface area (Å²) < 4.78 is 54.1. The van der Waals surface area contributed by atoms with Crippen molar-refractivity contribution < 1.29 is 27.4 Å². The van der Waals surface area contributed by atoms with Gasteiger partial charge in [-0.3, -0.25) is 4.99 Å². The maximum Gasteiger partial charge on any atom is 0.387 e. The molecule has 0 bridgehead atoms. The number of ether oxygens (including phenoxy) is 3. The molecule has 10 heteroatoms. The number of nitrogens with zero attached hydrogens (tertiary/aromatic N) is 1. The van der Waals surface area contributed by atoms with Gasteiger partial charge in [-0.05, 0) is 24.1 Å². The van der Waals surface area contributed by atoms with E-state index in [1.807, 2.05) is 0 Å². The van der Waals surface area contributed by atoms with Crippen molar-refractivity contribution in [3.05, 3.63) is 53.3 Å². The highest BCUT2D eigenvalue weighted by Crippen LogP contribution is 2.38. The van der Waals surface area contributed by atoms with Crippen LogP contribution in [0.4, 0.5) is 13.2 Å². The van der Waals surface area contributed by atoms with Gasteiger partial charge in [0.15, 0.2) is 17.5 Å². The van der Waals surface area contributed by atoms with E-state index in [9.17, 15) is 13.2 Å². The van der Waals surface area contributed by atoms with Crippen LogP contribution in [0.3, 0.4) is 0 Å². The summed E-state index contributed by atoms with van der Waals surface area (Å²) >= 11 is 0. The summed E-state index contributed by atoms with van der Waals surface area (Å²) in [6.07, 6.45) is 0.469. The van der Waals surface area contributed by atoms with Gasteiger partial charge in [-0.2, -0.15) is 8.78 Å². The summed E-state index contributed by atoms with van der Waals surface area (Å²) in [4.78, 5) is 4.08. The molecule has 158 valence electrons. The molecule has 0 atom stereocenters. The molecule has 1 aliphatic heterocycles. The first kappa shape index (κ1) is 22.9. The topological polar surface area (TPSA) is 64.1 Å². The van der Waals surface area contributed by atoms with Crippen molar-refractivity contribution in [3.63, 3.8) is 0 Å². The molecule has 0 fully saturated rings. The van der Waals surface area contributed by atoms with Crippen LogP contribution in [0, 0.1) is 5.82 Å². The van der Waals surface area contributed by atoms with Crippen LogP contribution in [0.2, 0.25) is 0 Å². The monoisotopic (exact) mass is 523 g/mol. The van der Waals surface area contributed by atoms with Crippen LogP contribution in [-0.4, -0.2) is 33.0 Å². The van der Waals surface area contributed by atoms with Crippen molar-refractivity contribution in [2.24, 2.45) is 4.99 Å². The molecule has 0 saturated carbocycles. The van der Waals surface area contributed by atoms with Crippen molar-refractivity contribution >= 4 is 29.9 Å². The fourth-order valence-corrected chi connectivity index (χ4v) is 2.73. The van der Waals surface area contributed by atoms with E-state index in [1.54, 1.807) is 31.3 Å². The zero-order valence-corrected chi connectivity index (χ0v) is 17.9. The maximum atomic E-state index is 13.7. The van der Waals surface area contributed by atoms with E-state index in [0.29, 0.717) is 41.6 Å². The fraction of sp³-hybridized carbons (Fsp3) is 0.316. The number of aliphatic imine (C=N–C) groups is 1. The third kappa shape index (κ3) is 6.31. The molecule has 0 saturated heterocycles. The Bertz CT molecular complexity index is 853. The van der Waals surface area contributed by atoms with Gasteiger partial charge in [0, 0.05) is 31.8 Å². The first-order valence-corrected chi connectivity index (χ1v) is 8.62. The van der Waals surface area contributed by atoms with Crippen LogP contribution in [-0.2, 0) is 13.0 Å². The van der Waals surface area contributed by atoms with Crippen LogP contribution in [0.5, 0.6) is 17.2 Å². The summed E-state index contributed by atoms with van der Waals surface area (Å²) in [6.45, 7) is -2.32. The van der Waals surface area contributed by atoms with E-state index < -0.39 is 6.61 Å². The third-order valence-corrected chi connectivity index (χ3v) is 4.09. The molecule has 0 aliphatic carbocycles. The molecule has 0 amide bonds. The number of halogens is 4. The van der Waals surface area contributed by atoms with E-state index >= 15 is 0 Å². The Morgan fingerprint density at radius 3 is 2.55 bits per heavy atom. The standard InChI is InChI=1S/C19H20F3N3O3.HI/c1-23-19(24-7-6-12-4-2-3-5-14(12)20)25-10-13-8-16-17(27-11-26-16)9-15(13)28-18(21)22;/h2-5,8-9,18H,6-7,10-11H2,1H3,(H2,23,24,25);1H. The van der Waals surface area contributed by atoms with E-state index in [0.717, 1.165) is 0 Å². The van der Waals surface area contributed by atoms with Gasteiger partial charge in [-0.1, -0.05) is 18.2 Å². The highest BCUT2D eigenvalue weighted by Gasteiger charge is 2.20. The maximum absolute atomic E-state index is 13.7. The van der Waals surface area contributed by atoms with Gasteiger partial charge < -0.3 is 24.8 Å². The zero-order chi connectivity index (χ0) is 19.9. The molecule has 2 aromatic rings. The largest absolute Gasteiger partial charge is 0.454 e. The van der Waals surface area contributed by atoms with Crippen LogP contribution >= 0.6 is 24.0 Å². The minimum Gasteiger partial charge on any atom is -0.454 e. The molecular formula is C19H21F3IN3O3. The lowest BCUT2D eigenvalue weighted by Gasteiger charge is -2.15. The Balaban J connectivity index is 0.00000300. The predicted molar refractivity (Wildman–Crippen MR) is 113 cm³/mol. The number of benzene rings is 2. The summed E-state index contributed by atoms with van der Waals surface area (Å²) in [5.74, 6) is 0.986. The lowest BCUT2D eigenvalue weighted by atomic mass is 10.1. The molecule has 0 unspecified atom stereocenters. The Morgan fingerprint density at radius 1 is 1.14 bits per heavy atom. The van der Waals surface area contributed by atoms with E-state index in [2.05, 4.69) is 20.4 Å². The quantitative estimate of drug-likeness (QED) is 0.330. The lowest BCUT2D eigenvalue weighted by Crippen LogP contribution is -2.38. The number of rotatable bonds is 7. The van der Waals surface area contributed by atoms with E-state index in [4.69, 9.17) is 9.47 Å². The minimum absolute atomic E-state index is 0. The lowest BCUT2D eigenvalue weighted by molar-refractivity contribution is -0.0505. The Kier molecular flexibility index (Phi) is 8.68. The van der Waals surface area contributed by atoms with Gasteiger partial charge in [0.1, 0.15) is 11.6 Å². The van der Waals surface area contributed by atoms with Crippen LogP contribution in [0.1, 0.15) is 11.1 Å². The second-order valence-corrected chi connectivity index (χ2v) is 5.89. The first-order chi connectivity index (χ1) is 13.6. The zero-order valence-electron chi connectivity index (χ0n) is 15.6. The van der Waals surface area contributed by atoms with Crippen molar-refractivity contribution in [3.8, 4) is 17.2 Å². The molecule has 6 nitrogen and oxygen atoms in total. The number of guanidine groups is 1. The van der Waals surface area contributed by atoms with Gasteiger partial charge >= 0.3 is 6.61 Å². The number of fused-ring (bicyclic) bond motifs is 1. The normalized spacial score (nSPS) is 12.5. The van der Waals surface area contributed by atoms with Crippen molar-refractivity contribution in [1.29, 1.82) is 0 Å². The SMILES string of the molecule is CN=C(NCCc1ccccc1F)NCc1cc2c(cc1OC(F)F)OCO2.I.